The maximum atomic E-state index is 11.8. The van der Waals surface area contributed by atoms with E-state index in [-0.39, 0.29) is 5.78 Å². The minimum Gasteiger partial charge on any atom is -0.296 e. The number of hydrogen-bond acceptors (Lipinski definition) is 5. The minimum atomic E-state index is 0.250. The van der Waals surface area contributed by atoms with Gasteiger partial charge >= 0.3 is 0 Å². The van der Waals surface area contributed by atoms with E-state index in [9.17, 15) is 4.79 Å². The first-order valence-electron chi connectivity index (χ1n) is 6.06. The Morgan fingerprint density at radius 3 is 3.06 bits per heavy atom. The summed E-state index contributed by atoms with van der Waals surface area (Å²) in [6, 6.07) is 0.414. The second kappa shape index (κ2) is 4.71. The Morgan fingerprint density at radius 2 is 2.29 bits per heavy atom. The molecule has 0 spiro atoms. The number of fused-ring (bicyclic) bond motifs is 1. The van der Waals surface area contributed by atoms with Crippen molar-refractivity contribution < 1.29 is 4.79 Å². The van der Waals surface area contributed by atoms with Crippen molar-refractivity contribution in [3.05, 3.63) is 15.6 Å². The van der Waals surface area contributed by atoms with Crippen molar-refractivity contribution in [2.45, 2.75) is 25.3 Å². The zero-order chi connectivity index (χ0) is 11.8. The van der Waals surface area contributed by atoms with Gasteiger partial charge < -0.3 is 0 Å². The number of Topliss-reactive ketones (excluding diaryl/α,β-unsaturated/α-hetero) is 1. The number of carbonyl (C=O) groups excluding carboxylic acids is 1. The lowest BCUT2D eigenvalue weighted by molar-refractivity contribution is 0.0968. The summed E-state index contributed by atoms with van der Waals surface area (Å²) in [6.07, 6.45) is 2.73. The van der Waals surface area contributed by atoms with Crippen LogP contribution >= 0.6 is 23.1 Å². The lowest BCUT2D eigenvalue weighted by Crippen LogP contribution is -2.32. The van der Waals surface area contributed by atoms with E-state index in [2.05, 4.69) is 16.9 Å². The summed E-state index contributed by atoms with van der Waals surface area (Å²) in [4.78, 5) is 20.0. The highest BCUT2D eigenvalue weighted by molar-refractivity contribution is 7.99. The van der Waals surface area contributed by atoms with Crippen molar-refractivity contribution in [3.8, 4) is 0 Å². The first-order chi connectivity index (χ1) is 8.25. The summed E-state index contributed by atoms with van der Waals surface area (Å²) in [7, 11) is 2.16. The number of nitrogens with zero attached hydrogens (tertiary/aromatic N) is 2. The molecule has 1 aliphatic carbocycles. The van der Waals surface area contributed by atoms with Crippen molar-refractivity contribution in [2.24, 2.45) is 0 Å². The van der Waals surface area contributed by atoms with E-state index in [1.807, 2.05) is 11.8 Å². The van der Waals surface area contributed by atoms with Gasteiger partial charge in [0.1, 0.15) is 10.7 Å². The second-order valence-electron chi connectivity index (χ2n) is 4.67. The average Bonchev–Trinajstić information content (AvgIpc) is 2.75. The number of rotatable bonds is 1. The average molecular weight is 268 g/mol. The van der Waals surface area contributed by atoms with Gasteiger partial charge in [0.15, 0.2) is 5.78 Å². The molecule has 2 aliphatic rings. The molecule has 0 radical (unpaired) electrons. The molecule has 1 atom stereocenters. The number of thioether (sulfide) groups is 1. The van der Waals surface area contributed by atoms with E-state index in [0.29, 0.717) is 12.5 Å². The molecule has 0 aromatic carbocycles. The third-order valence-electron chi connectivity index (χ3n) is 3.47. The zero-order valence-corrected chi connectivity index (χ0v) is 11.6. The van der Waals surface area contributed by atoms with Crippen LogP contribution in [0.5, 0.6) is 0 Å². The van der Waals surface area contributed by atoms with Crippen LogP contribution in [0.4, 0.5) is 0 Å². The van der Waals surface area contributed by atoms with Crippen LogP contribution in [0.15, 0.2) is 0 Å². The van der Waals surface area contributed by atoms with E-state index in [1.165, 1.54) is 10.6 Å². The Hall–Kier alpha value is -0.390. The lowest BCUT2D eigenvalue weighted by atomic mass is 10.0. The van der Waals surface area contributed by atoms with E-state index in [0.717, 1.165) is 35.8 Å². The van der Waals surface area contributed by atoms with Crippen LogP contribution in [0.2, 0.25) is 0 Å². The third-order valence-corrected chi connectivity index (χ3v) is 5.71. The molecule has 1 fully saturated rings. The molecule has 0 bridgehead atoms. The molecule has 1 aromatic rings. The summed E-state index contributed by atoms with van der Waals surface area (Å²) in [6.45, 7) is 1.12. The number of thiazole rings is 1. The molecular formula is C12H16N2OS2. The van der Waals surface area contributed by atoms with Crippen LogP contribution in [0.25, 0.3) is 0 Å². The molecule has 2 heterocycles. The molecule has 17 heavy (non-hydrogen) atoms. The molecule has 0 amide bonds. The molecule has 1 saturated heterocycles. The van der Waals surface area contributed by atoms with Gasteiger partial charge in [0.25, 0.3) is 0 Å². The standard InChI is InChI=1S/C12H16N2OS2/c1-14-5-6-16-7-8(14)12-13-11-9(15)3-2-4-10(11)17-12/h8H,2-7H2,1H3. The predicted molar refractivity (Wildman–Crippen MR) is 72.1 cm³/mol. The van der Waals surface area contributed by atoms with Crippen molar-refractivity contribution in [3.63, 3.8) is 0 Å². The normalized spacial score (nSPS) is 25.9. The molecule has 3 nitrogen and oxygen atoms in total. The summed E-state index contributed by atoms with van der Waals surface area (Å²) >= 11 is 3.75. The number of hydrogen-bond donors (Lipinski definition) is 0. The van der Waals surface area contributed by atoms with Crippen LogP contribution in [-0.2, 0) is 6.42 Å². The fourth-order valence-corrected chi connectivity index (χ4v) is 4.99. The number of ketones is 1. The lowest BCUT2D eigenvalue weighted by Gasteiger charge is -2.30. The fraction of sp³-hybridized carbons (Fsp3) is 0.667. The second-order valence-corrected chi connectivity index (χ2v) is 6.94. The van der Waals surface area contributed by atoms with Crippen molar-refractivity contribution in [1.82, 2.24) is 9.88 Å². The van der Waals surface area contributed by atoms with Gasteiger partial charge in [0.2, 0.25) is 0 Å². The van der Waals surface area contributed by atoms with Gasteiger partial charge in [-0.25, -0.2) is 4.98 Å². The van der Waals surface area contributed by atoms with Crippen LogP contribution in [-0.4, -0.2) is 40.8 Å². The van der Waals surface area contributed by atoms with Crippen molar-refractivity contribution in [1.29, 1.82) is 0 Å². The van der Waals surface area contributed by atoms with Crippen LogP contribution in [0.1, 0.15) is 39.3 Å². The SMILES string of the molecule is CN1CCSCC1c1nc2c(s1)CCCC2=O. The van der Waals surface area contributed by atoms with Crippen molar-refractivity contribution in [2.75, 3.05) is 25.1 Å². The summed E-state index contributed by atoms with van der Waals surface area (Å²) < 4.78 is 0. The zero-order valence-electron chi connectivity index (χ0n) is 9.94. The molecule has 1 aromatic heterocycles. The number of aryl methyl sites for hydroxylation is 1. The van der Waals surface area contributed by atoms with E-state index < -0.39 is 0 Å². The van der Waals surface area contributed by atoms with E-state index >= 15 is 0 Å². The highest BCUT2D eigenvalue weighted by Crippen LogP contribution is 2.34. The van der Waals surface area contributed by atoms with Gasteiger partial charge in [0, 0.05) is 29.3 Å². The quantitative estimate of drug-likeness (QED) is 0.783. The van der Waals surface area contributed by atoms with Gasteiger partial charge in [0.05, 0.1) is 6.04 Å². The Labute approximate surface area is 110 Å². The van der Waals surface area contributed by atoms with Crippen LogP contribution in [0, 0.1) is 0 Å². The van der Waals surface area contributed by atoms with Crippen molar-refractivity contribution >= 4 is 28.9 Å². The summed E-state index contributed by atoms with van der Waals surface area (Å²) in [5.41, 5.74) is 0.778. The summed E-state index contributed by atoms with van der Waals surface area (Å²) in [5.74, 6) is 2.56. The molecule has 92 valence electrons. The van der Waals surface area contributed by atoms with Gasteiger partial charge in [-0.15, -0.1) is 11.3 Å². The van der Waals surface area contributed by atoms with Crippen LogP contribution in [0.3, 0.4) is 0 Å². The van der Waals surface area contributed by atoms with E-state index in [1.54, 1.807) is 11.3 Å². The molecule has 1 aliphatic heterocycles. The largest absolute Gasteiger partial charge is 0.296 e. The topological polar surface area (TPSA) is 33.2 Å². The maximum Gasteiger partial charge on any atom is 0.182 e. The minimum absolute atomic E-state index is 0.250. The van der Waals surface area contributed by atoms with Gasteiger partial charge in [-0.2, -0.15) is 11.8 Å². The monoisotopic (exact) mass is 268 g/mol. The van der Waals surface area contributed by atoms with Gasteiger partial charge in [-0.3, -0.25) is 9.69 Å². The molecule has 5 heteroatoms. The molecule has 3 rings (SSSR count). The number of carbonyl (C=O) groups is 1. The van der Waals surface area contributed by atoms with Gasteiger partial charge in [-0.1, -0.05) is 0 Å². The molecule has 1 unspecified atom stereocenters. The Kier molecular flexibility index (Phi) is 3.23. The highest BCUT2D eigenvalue weighted by Gasteiger charge is 2.28. The first-order valence-corrected chi connectivity index (χ1v) is 8.03. The Balaban J connectivity index is 1.90. The van der Waals surface area contributed by atoms with E-state index in [4.69, 9.17) is 0 Å². The highest BCUT2D eigenvalue weighted by atomic mass is 32.2. The van der Waals surface area contributed by atoms with Crippen LogP contribution < -0.4 is 0 Å². The first kappa shape index (κ1) is 11.7. The molecule has 0 saturated carbocycles. The predicted octanol–water partition coefficient (Wildman–Crippen LogP) is 2.38. The fourth-order valence-electron chi connectivity index (χ4n) is 2.37. The molecule has 0 N–H and O–H groups in total. The Morgan fingerprint density at radius 1 is 1.41 bits per heavy atom. The van der Waals surface area contributed by atoms with Gasteiger partial charge in [-0.05, 0) is 19.9 Å². The number of aromatic nitrogens is 1. The third kappa shape index (κ3) is 2.16. The maximum absolute atomic E-state index is 11.8. The molecular weight excluding hydrogens is 252 g/mol. The smallest absolute Gasteiger partial charge is 0.182 e. The Bertz CT molecular complexity index is 444. The summed E-state index contributed by atoms with van der Waals surface area (Å²) in [5, 5.41) is 1.15.